The van der Waals surface area contributed by atoms with Crippen molar-refractivity contribution in [2.45, 2.75) is 6.92 Å². The van der Waals surface area contributed by atoms with Gasteiger partial charge in [-0.2, -0.15) is 0 Å². The van der Waals surface area contributed by atoms with Gasteiger partial charge in [0.25, 0.3) is 0 Å². The molecule has 0 spiro atoms. The Morgan fingerprint density at radius 1 is 1.43 bits per heavy atom. The molecule has 2 heterocycles. The molecule has 0 saturated heterocycles. The summed E-state index contributed by atoms with van der Waals surface area (Å²) in [6.45, 7) is 2.41. The van der Waals surface area contributed by atoms with Crippen molar-refractivity contribution in [1.82, 2.24) is 15.3 Å². The number of nitrogens with one attached hydrogen (secondary N) is 3. The highest BCUT2D eigenvalue weighted by molar-refractivity contribution is 5.88. The van der Waals surface area contributed by atoms with Crippen molar-refractivity contribution < 1.29 is 9.53 Å². The summed E-state index contributed by atoms with van der Waals surface area (Å²) in [5.41, 5.74) is 0.922. The molecule has 2 amide bonds. The van der Waals surface area contributed by atoms with E-state index in [1.165, 1.54) is 19.3 Å². The van der Waals surface area contributed by atoms with Crippen molar-refractivity contribution in [1.29, 1.82) is 0 Å². The molecular formula is C14H16N4O3. The lowest BCUT2D eigenvalue weighted by Crippen LogP contribution is -2.25. The van der Waals surface area contributed by atoms with Crippen LogP contribution in [0.25, 0.3) is 11.1 Å². The van der Waals surface area contributed by atoms with Crippen molar-refractivity contribution >= 4 is 11.8 Å². The fourth-order valence-corrected chi connectivity index (χ4v) is 1.73. The lowest BCUT2D eigenvalue weighted by molar-refractivity contribution is 0.254. The second kappa shape index (κ2) is 6.56. The smallest absolute Gasteiger partial charge is 0.320 e. The fourth-order valence-electron chi connectivity index (χ4n) is 1.73. The van der Waals surface area contributed by atoms with Gasteiger partial charge in [-0.1, -0.05) is 0 Å². The summed E-state index contributed by atoms with van der Waals surface area (Å²) in [7, 11) is 1.49. The quantitative estimate of drug-likeness (QED) is 0.796. The Hall–Kier alpha value is -2.83. The molecule has 0 aliphatic carbocycles. The zero-order valence-electron chi connectivity index (χ0n) is 11.8. The van der Waals surface area contributed by atoms with Gasteiger partial charge < -0.3 is 15.0 Å². The maximum atomic E-state index is 12.1. The van der Waals surface area contributed by atoms with Gasteiger partial charge in [0.15, 0.2) is 5.43 Å². The molecule has 0 saturated carbocycles. The number of H-pyrrole nitrogens is 1. The third-order valence-electron chi connectivity index (χ3n) is 2.73. The molecule has 3 N–H and O–H groups in total. The van der Waals surface area contributed by atoms with Gasteiger partial charge in [0.1, 0.15) is 5.82 Å². The summed E-state index contributed by atoms with van der Waals surface area (Å²) in [4.78, 5) is 30.2. The van der Waals surface area contributed by atoms with Gasteiger partial charge in [0.2, 0.25) is 5.88 Å². The number of carbonyl (C=O) groups is 1. The van der Waals surface area contributed by atoms with Crippen LogP contribution in [0.15, 0.2) is 35.4 Å². The normalized spacial score (nSPS) is 10.0. The fraction of sp³-hybridized carbons (Fsp3) is 0.214. The average Bonchev–Trinajstić information content (AvgIpc) is 2.49. The minimum Gasteiger partial charge on any atom is -0.478 e. The Balaban J connectivity index is 2.24. The second-order valence-corrected chi connectivity index (χ2v) is 4.15. The highest BCUT2D eigenvalue weighted by Gasteiger charge is 2.07. The predicted molar refractivity (Wildman–Crippen MR) is 79.5 cm³/mol. The summed E-state index contributed by atoms with van der Waals surface area (Å²) in [6, 6.07) is 4.38. The van der Waals surface area contributed by atoms with Crippen LogP contribution in [0, 0.1) is 0 Å². The SMILES string of the molecule is CCOc1ccc(-c2c[nH]c(NC(=O)NC)cc2=O)cn1. The minimum absolute atomic E-state index is 0.217. The Kier molecular flexibility index (Phi) is 4.55. The van der Waals surface area contributed by atoms with Gasteiger partial charge in [-0.15, -0.1) is 0 Å². The van der Waals surface area contributed by atoms with E-state index in [1.807, 2.05) is 6.92 Å². The zero-order valence-corrected chi connectivity index (χ0v) is 11.8. The van der Waals surface area contributed by atoms with Crippen LogP contribution in [0.1, 0.15) is 6.92 Å². The van der Waals surface area contributed by atoms with E-state index in [0.717, 1.165) is 0 Å². The van der Waals surface area contributed by atoms with Crippen LogP contribution in [-0.2, 0) is 0 Å². The maximum absolute atomic E-state index is 12.1. The van der Waals surface area contributed by atoms with Crippen LogP contribution in [0.4, 0.5) is 10.6 Å². The molecule has 0 radical (unpaired) electrons. The van der Waals surface area contributed by atoms with Gasteiger partial charge in [-0.3, -0.25) is 10.1 Å². The molecule has 2 aromatic rings. The van der Waals surface area contributed by atoms with Crippen LogP contribution in [0.5, 0.6) is 5.88 Å². The summed E-state index contributed by atoms with van der Waals surface area (Å²) in [6.07, 6.45) is 3.10. The number of carbonyl (C=O) groups excluding carboxylic acids is 1. The molecule has 0 unspecified atom stereocenters. The molecule has 0 atom stereocenters. The first-order valence-electron chi connectivity index (χ1n) is 6.44. The van der Waals surface area contributed by atoms with Crippen molar-refractivity contribution in [3.8, 4) is 17.0 Å². The number of hydrogen-bond donors (Lipinski definition) is 3. The molecule has 0 fully saturated rings. The van der Waals surface area contributed by atoms with Crippen molar-refractivity contribution in [2.75, 3.05) is 19.0 Å². The number of anilines is 1. The topological polar surface area (TPSA) is 96.1 Å². The van der Waals surface area contributed by atoms with Crippen LogP contribution in [0.3, 0.4) is 0 Å². The summed E-state index contributed by atoms with van der Waals surface area (Å²) >= 11 is 0. The molecule has 0 bridgehead atoms. The number of ether oxygens (including phenoxy) is 1. The predicted octanol–water partition coefficient (Wildman–Crippen LogP) is 1.59. The first-order valence-corrected chi connectivity index (χ1v) is 6.44. The van der Waals surface area contributed by atoms with E-state index >= 15 is 0 Å². The number of nitrogens with zero attached hydrogens (tertiary/aromatic N) is 1. The van der Waals surface area contributed by atoms with Crippen molar-refractivity contribution in [3.63, 3.8) is 0 Å². The van der Waals surface area contributed by atoms with E-state index in [2.05, 4.69) is 20.6 Å². The van der Waals surface area contributed by atoms with Gasteiger partial charge in [0.05, 0.1) is 6.61 Å². The van der Waals surface area contributed by atoms with Crippen LogP contribution < -0.4 is 20.8 Å². The Bertz CT molecular complexity index is 679. The molecule has 21 heavy (non-hydrogen) atoms. The van der Waals surface area contributed by atoms with E-state index in [1.54, 1.807) is 18.3 Å². The molecule has 2 aromatic heterocycles. The first-order chi connectivity index (χ1) is 10.1. The number of aromatic nitrogens is 2. The van der Waals surface area contributed by atoms with Crippen LogP contribution in [-0.4, -0.2) is 29.7 Å². The number of hydrogen-bond acceptors (Lipinski definition) is 4. The second-order valence-electron chi connectivity index (χ2n) is 4.15. The molecule has 7 nitrogen and oxygen atoms in total. The number of rotatable bonds is 4. The maximum Gasteiger partial charge on any atom is 0.320 e. The highest BCUT2D eigenvalue weighted by atomic mass is 16.5. The monoisotopic (exact) mass is 288 g/mol. The van der Waals surface area contributed by atoms with E-state index in [0.29, 0.717) is 29.4 Å². The molecule has 0 aromatic carbocycles. The van der Waals surface area contributed by atoms with Gasteiger partial charge in [-0.25, -0.2) is 9.78 Å². The molecule has 0 aliphatic heterocycles. The molecule has 7 heteroatoms. The third-order valence-corrected chi connectivity index (χ3v) is 2.73. The summed E-state index contributed by atoms with van der Waals surface area (Å²) < 4.78 is 5.25. The zero-order chi connectivity index (χ0) is 15.2. The number of urea groups is 1. The lowest BCUT2D eigenvalue weighted by Gasteiger charge is -2.06. The largest absolute Gasteiger partial charge is 0.478 e. The average molecular weight is 288 g/mol. The van der Waals surface area contributed by atoms with E-state index in [9.17, 15) is 9.59 Å². The van der Waals surface area contributed by atoms with Crippen molar-refractivity contribution in [3.05, 3.63) is 40.8 Å². The number of pyridine rings is 2. The highest BCUT2D eigenvalue weighted by Crippen LogP contribution is 2.17. The van der Waals surface area contributed by atoms with Gasteiger partial charge in [0, 0.05) is 42.7 Å². The van der Waals surface area contributed by atoms with Crippen molar-refractivity contribution in [2.24, 2.45) is 0 Å². The van der Waals surface area contributed by atoms with Crippen LogP contribution in [0.2, 0.25) is 0 Å². The molecule has 110 valence electrons. The first kappa shape index (κ1) is 14.6. The third kappa shape index (κ3) is 3.59. The Morgan fingerprint density at radius 2 is 2.24 bits per heavy atom. The molecule has 0 aliphatic rings. The minimum atomic E-state index is -0.402. The van der Waals surface area contributed by atoms with Crippen LogP contribution >= 0.6 is 0 Å². The van der Waals surface area contributed by atoms with E-state index < -0.39 is 6.03 Å². The summed E-state index contributed by atoms with van der Waals surface area (Å²) in [5.74, 6) is 0.831. The Morgan fingerprint density at radius 3 is 2.81 bits per heavy atom. The lowest BCUT2D eigenvalue weighted by atomic mass is 10.1. The number of aromatic amines is 1. The number of amides is 2. The standard InChI is InChI=1S/C14H16N4O3/c1-3-21-13-5-4-9(7-17-13)10-8-16-12(6-11(10)19)18-14(20)15-2/h4-8H,3H2,1-2H3,(H3,15,16,18,19,20). The Labute approximate surface area is 121 Å². The van der Waals surface area contributed by atoms with Gasteiger partial charge >= 0.3 is 6.03 Å². The molecular weight excluding hydrogens is 272 g/mol. The van der Waals surface area contributed by atoms with E-state index in [-0.39, 0.29) is 5.43 Å². The summed E-state index contributed by atoms with van der Waals surface area (Å²) in [5, 5.41) is 4.90. The van der Waals surface area contributed by atoms with Gasteiger partial charge in [-0.05, 0) is 13.0 Å². The van der Waals surface area contributed by atoms with E-state index in [4.69, 9.17) is 4.74 Å². The molecule has 2 rings (SSSR count).